The highest BCUT2D eigenvalue weighted by Crippen LogP contribution is 2.24. The Kier molecular flexibility index (Phi) is 5.60. The molecule has 0 radical (unpaired) electrons. The van der Waals surface area contributed by atoms with E-state index in [1.54, 1.807) is 0 Å². The highest BCUT2D eigenvalue weighted by Gasteiger charge is 2.19. The first kappa shape index (κ1) is 18.4. The standard InChI is InChI=1S/C20H24O3S/c1-7-17-13(4)9-18(24-17)20(22)23-10-16(21)19-14(5)11(2)8-12(3)15(19)6/h8-9H,7,10H2,1-6H3. The maximum Gasteiger partial charge on any atom is 0.348 e. The van der Waals surface area contributed by atoms with E-state index >= 15 is 0 Å². The van der Waals surface area contributed by atoms with Gasteiger partial charge in [-0.15, -0.1) is 11.3 Å². The molecule has 128 valence electrons. The molecular weight excluding hydrogens is 320 g/mol. The lowest BCUT2D eigenvalue weighted by molar-refractivity contribution is 0.0479. The van der Waals surface area contributed by atoms with Crippen LogP contribution in [0.3, 0.4) is 0 Å². The third-order valence-corrected chi connectivity index (χ3v) is 5.88. The van der Waals surface area contributed by atoms with Crippen molar-refractivity contribution in [3.63, 3.8) is 0 Å². The van der Waals surface area contributed by atoms with Crippen LogP contribution in [0.4, 0.5) is 0 Å². The van der Waals surface area contributed by atoms with Gasteiger partial charge in [-0.05, 0) is 74.9 Å². The molecule has 0 aliphatic carbocycles. The van der Waals surface area contributed by atoms with E-state index in [1.165, 1.54) is 16.2 Å². The molecule has 0 fully saturated rings. The molecule has 0 N–H and O–H groups in total. The number of hydrogen-bond acceptors (Lipinski definition) is 4. The van der Waals surface area contributed by atoms with Gasteiger partial charge in [-0.1, -0.05) is 13.0 Å². The van der Waals surface area contributed by atoms with Gasteiger partial charge in [0.15, 0.2) is 6.61 Å². The molecule has 1 aromatic carbocycles. The third-order valence-electron chi connectivity index (χ3n) is 4.52. The van der Waals surface area contributed by atoms with Gasteiger partial charge in [0.25, 0.3) is 0 Å². The summed E-state index contributed by atoms with van der Waals surface area (Å²) in [7, 11) is 0. The lowest BCUT2D eigenvalue weighted by atomic mass is 9.92. The molecule has 0 spiro atoms. The van der Waals surface area contributed by atoms with Gasteiger partial charge in [-0.25, -0.2) is 4.79 Å². The highest BCUT2D eigenvalue weighted by atomic mass is 32.1. The second-order valence-corrected chi connectivity index (χ2v) is 7.34. The summed E-state index contributed by atoms with van der Waals surface area (Å²) < 4.78 is 5.27. The van der Waals surface area contributed by atoms with Gasteiger partial charge in [0.1, 0.15) is 4.88 Å². The average molecular weight is 344 g/mol. The van der Waals surface area contributed by atoms with Gasteiger partial charge in [-0.3, -0.25) is 4.79 Å². The zero-order valence-electron chi connectivity index (χ0n) is 15.2. The first-order valence-electron chi connectivity index (χ1n) is 8.13. The molecule has 0 amide bonds. The van der Waals surface area contributed by atoms with E-state index in [0.29, 0.717) is 10.4 Å². The summed E-state index contributed by atoms with van der Waals surface area (Å²) in [6.45, 7) is 11.7. The summed E-state index contributed by atoms with van der Waals surface area (Å²) >= 11 is 1.44. The Bertz CT molecular complexity index is 773. The smallest absolute Gasteiger partial charge is 0.348 e. The molecule has 4 heteroatoms. The predicted molar refractivity (Wildman–Crippen MR) is 98.4 cm³/mol. The number of carbonyl (C=O) groups excluding carboxylic acids is 2. The Morgan fingerprint density at radius 1 is 0.958 bits per heavy atom. The Labute approximate surface area is 147 Å². The van der Waals surface area contributed by atoms with Crippen molar-refractivity contribution in [1.82, 2.24) is 0 Å². The molecule has 0 saturated heterocycles. The van der Waals surface area contributed by atoms with E-state index in [1.807, 2.05) is 40.7 Å². The lowest BCUT2D eigenvalue weighted by Gasteiger charge is -2.14. The molecule has 2 aromatic rings. The van der Waals surface area contributed by atoms with Crippen molar-refractivity contribution in [3.05, 3.63) is 55.3 Å². The number of thiophene rings is 1. The van der Waals surface area contributed by atoms with E-state index in [2.05, 4.69) is 13.0 Å². The molecule has 1 aromatic heterocycles. The van der Waals surface area contributed by atoms with E-state index in [4.69, 9.17) is 4.74 Å². The zero-order valence-corrected chi connectivity index (χ0v) is 16.0. The minimum atomic E-state index is -0.421. The fourth-order valence-electron chi connectivity index (χ4n) is 2.88. The monoisotopic (exact) mass is 344 g/mol. The molecule has 0 saturated carbocycles. The van der Waals surface area contributed by atoms with E-state index in [-0.39, 0.29) is 12.4 Å². The topological polar surface area (TPSA) is 43.4 Å². The van der Waals surface area contributed by atoms with Crippen molar-refractivity contribution >= 4 is 23.1 Å². The number of aryl methyl sites for hydroxylation is 4. The Morgan fingerprint density at radius 3 is 2.04 bits per heavy atom. The van der Waals surface area contributed by atoms with Crippen molar-refractivity contribution in [2.45, 2.75) is 48.0 Å². The van der Waals surface area contributed by atoms with Crippen LogP contribution < -0.4 is 0 Å². The normalized spacial score (nSPS) is 10.8. The van der Waals surface area contributed by atoms with Gasteiger partial charge < -0.3 is 4.74 Å². The van der Waals surface area contributed by atoms with Crippen LogP contribution in [-0.2, 0) is 11.2 Å². The number of hydrogen-bond donors (Lipinski definition) is 0. The van der Waals surface area contributed by atoms with Crippen LogP contribution in [0.1, 0.15) is 59.6 Å². The Balaban J connectivity index is 2.15. The molecule has 0 bridgehead atoms. The summed E-state index contributed by atoms with van der Waals surface area (Å²) in [6, 6.07) is 3.91. The van der Waals surface area contributed by atoms with Crippen molar-refractivity contribution < 1.29 is 14.3 Å². The second kappa shape index (κ2) is 7.31. The average Bonchev–Trinajstić information content (AvgIpc) is 2.92. The molecular formula is C20H24O3S. The maximum atomic E-state index is 12.6. The SMILES string of the molecule is CCc1sc(C(=O)OCC(=O)c2c(C)c(C)cc(C)c2C)cc1C. The van der Waals surface area contributed by atoms with Gasteiger partial charge in [0, 0.05) is 10.4 Å². The van der Waals surface area contributed by atoms with Crippen LogP contribution in [0.25, 0.3) is 0 Å². The van der Waals surface area contributed by atoms with Gasteiger partial charge >= 0.3 is 5.97 Å². The van der Waals surface area contributed by atoms with Gasteiger partial charge in [0.05, 0.1) is 0 Å². The highest BCUT2D eigenvalue weighted by molar-refractivity contribution is 7.14. The number of carbonyl (C=O) groups is 2. The number of Topliss-reactive ketones (excluding diaryl/α,β-unsaturated/α-hetero) is 1. The van der Waals surface area contributed by atoms with E-state index < -0.39 is 5.97 Å². The Morgan fingerprint density at radius 2 is 1.54 bits per heavy atom. The summed E-state index contributed by atoms with van der Waals surface area (Å²) in [4.78, 5) is 26.5. The first-order valence-corrected chi connectivity index (χ1v) is 8.94. The van der Waals surface area contributed by atoms with Gasteiger partial charge in [-0.2, -0.15) is 0 Å². The van der Waals surface area contributed by atoms with Crippen molar-refractivity contribution in [1.29, 1.82) is 0 Å². The number of esters is 1. The minimum absolute atomic E-state index is 0.144. The molecule has 1 heterocycles. The van der Waals surface area contributed by atoms with Crippen LogP contribution in [0, 0.1) is 34.6 Å². The number of ketones is 1. The van der Waals surface area contributed by atoms with E-state index in [9.17, 15) is 9.59 Å². The number of benzene rings is 1. The van der Waals surface area contributed by atoms with Crippen molar-refractivity contribution in [2.24, 2.45) is 0 Å². The predicted octanol–water partition coefficient (Wildman–Crippen LogP) is 4.89. The van der Waals surface area contributed by atoms with Crippen LogP contribution in [-0.4, -0.2) is 18.4 Å². The number of rotatable bonds is 5. The largest absolute Gasteiger partial charge is 0.453 e. The maximum absolute atomic E-state index is 12.6. The third kappa shape index (κ3) is 3.59. The lowest BCUT2D eigenvalue weighted by Crippen LogP contribution is -2.16. The van der Waals surface area contributed by atoms with Gasteiger partial charge in [0.2, 0.25) is 5.78 Å². The molecule has 24 heavy (non-hydrogen) atoms. The minimum Gasteiger partial charge on any atom is -0.453 e. The molecule has 2 rings (SSSR count). The Hall–Kier alpha value is -1.94. The summed E-state index contributed by atoms with van der Waals surface area (Å²) in [5.74, 6) is -0.565. The van der Waals surface area contributed by atoms with Crippen LogP contribution in [0.15, 0.2) is 12.1 Å². The van der Waals surface area contributed by atoms with Crippen molar-refractivity contribution in [3.8, 4) is 0 Å². The zero-order chi connectivity index (χ0) is 18.0. The van der Waals surface area contributed by atoms with Crippen molar-refractivity contribution in [2.75, 3.05) is 6.61 Å². The first-order chi connectivity index (χ1) is 11.3. The quantitative estimate of drug-likeness (QED) is 0.573. The molecule has 0 aliphatic heterocycles. The fraction of sp³-hybridized carbons (Fsp3) is 0.400. The molecule has 0 unspecified atom stereocenters. The second-order valence-electron chi connectivity index (χ2n) is 6.21. The molecule has 3 nitrogen and oxygen atoms in total. The molecule has 0 atom stereocenters. The van der Waals surface area contributed by atoms with Crippen LogP contribution in [0.5, 0.6) is 0 Å². The van der Waals surface area contributed by atoms with Crippen LogP contribution in [0.2, 0.25) is 0 Å². The van der Waals surface area contributed by atoms with E-state index in [0.717, 1.165) is 34.2 Å². The summed E-state index contributed by atoms with van der Waals surface area (Å²) in [5, 5.41) is 0. The molecule has 0 aliphatic rings. The summed E-state index contributed by atoms with van der Waals surface area (Å²) in [6.07, 6.45) is 0.893. The number of ether oxygens (including phenoxy) is 1. The summed E-state index contributed by atoms with van der Waals surface area (Å²) in [5.41, 5.74) is 5.85. The van der Waals surface area contributed by atoms with Crippen LogP contribution >= 0.6 is 11.3 Å². The fourth-order valence-corrected chi connectivity index (χ4v) is 3.89.